The van der Waals surface area contributed by atoms with Crippen LogP contribution >= 0.6 is 11.8 Å². The van der Waals surface area contributed by atoms with Crippen LogP contribution in [-0.2, 0) is 0 Å². The maximum atomic E-state index is 10.7. The monoisotopic (exact) mass is 252 g/mol. The molecule has 2 heterocycles. The van der Waals surface area contributed by atoms with Gasteiger partial charge in [0.25, 0.3) is 0 Å². The van der Waals surface area contributed by atoms with Gasteiger partial charge in [-0.3, -0.25) is 0 Å². The van der Waals surface area contributed by atoms with E-state index in [4.69, 9.17) is 5.11 Å². The molecular formula is C12H16N2O2S. The molecule has 1 aromatic heterocycles. The lowest BCUT2D eigenvalue weighted by molar-refractivity contribution is 0.0696. The van der Waals surface area contributed by atoms with Gasteiger partial charge >= 0.3 is 5.97 Å². The van der Waals surface area contributed by atoms with E-state index in [0.717, 1.165) is 24.7 Å². The van der Waals surface area contributed by atoms with Gasteiger partial charge in [-0.05, 0) is 26.0 Å². The van der Waals surface area contributed by atoms with E-state index in [1.807, 2.05) is 11.8 Å². The van der Waals surface area contributed by atoms with Gasteiger partial charge in [-0.25, -0.2) is 9.78 Å². The minimum Gasteiger partial charge on any atom is -0.478 e. The fraction of sp³-hybridized carbons (Fsp3) is 0.500. The van der Waals surface area contributed by atoms with Crippen LogP contribution in [-0.4, -0.2) is 39.6 Å². The standard InChI is InChI=1S/C12H16N2O2S/c1-12(2)8-14(5-6-17-12)10-4-3-9(7-13-10)11(15)16/h3-4,7H,5-6,8H2,1-2H3,(H,15,16). The van der Waals surface area contributed by atoms with Crippen LogP contribution in [0.2, 0.25) is 0 Å². The Morgan fingerprint density at radius 1 is 1.53 bits per heavy atom. The van der Waals surface area contributed by atoms with Crippen molar-refractivity contribution < 1.29 is 9.90 Å². The van der Waals surface area contributed by atoms with Gasteiger partial charge in [0.05, 0.1) is 5.56 Å². The van der Waals surface area contributed by atoms with Crippen molar-refractivity contribution in [2.75, 3.05) is 23.7 Å². The van der Waals surface area contributed by atoms with E-state index in [1.54, 1.807) is 12.1 Å². The predicted octanol–water partition coefficient (Wildman–Crippen LogP) is 2.11. The maximum Gasteiger partial charge on any atom is 0.337 e. The first kappa shape index (κ1) is 12.2. The zero-order chi connectivity index (χ0) is 12.5. The third-order valence-electron chi connectivity index (χ3n) is 2.74. The highest BCUT2D eigenvalue weighted by Gasteiger charge is 2.27. The van der Waals surface area contributed by atoms with Crippen LogP contribution in [0.5, 0.6) is 0 Å². The number of hydrogen-bond acceptors (Lipinski definition) is 4. The number of aromatic nitrogens is 1. The van der Waals surface area contributed by atoms with Crippen LogP contribution in [0.25, 0.3) is 0 Å². The molecule has 5 heteroatoms. The van der Waals surface area contributed by atoms with E-state index >= 15 is 0 Å². The number of carbonyl (C=O) groups is 1. The Hall–Kier alpha value is -1.23. The molecule has 0 unspecified atom stereocenters. The predicted molar refractivity (Wildman–Crippen MR) is 69.9 cm³/mol. The SMILES string of the molecule is CC1(C)CN(c2ccc(C(=O)O)cn2)CCS1. The van der Waals surface area contributed by atoms with Crippen LogP contribution < -0.4 is 4.90 Å². The summed E-state index contributed by atoms with van der Waals surface area (Å²) < 4.78 is 0.228. The summed E-state index contributed by atoms with van der Waals surface area (Å²) in [5.74, 6) is 1.01. The largest absolute Gasteiger partial charge is 0.478 e. The van der Waals surface area contributed by atoms with Crippen LogP contribution in [0.4, 0.5) is 5.82 Å². The molecule has 0 aromatic carbocycles. The van der Waals surface area contributed by atoms with Crippen LogP contribution in [0.1, 0.15) is 24.2 Å². The lowest BCUT2D eigenvalue weighted by Gasteiger charge is -2.38. The molecule has 0 atom stereocenters. The Morgan fingerprint density at radius 2 is 2.29 bits per heavy atom. The molecule has 1 aromatic rings. The van der Waals surface area contributed by atoms with Crippen molar-refractivity contribution in [1.29, 1.82) is 0 Å². The minimum atomic E-state index is -0.932. The fourth-order valence-corrected chi connectivity index (χ4v) is 3.02. The molecule has 0 aliphatic carbocycles. The molecular weight excluding hydrogens is 236 g/mol. The molecule has 1 saturated heterocycles. The second kappa shape index (κ2) is 4.56. The van der Waals surface area contributed by atoms with Gasteiger partial charge in [0, 0.05) is 29.8 Å². The van der Waals surface area contributed by atoms with Gasteiger partial charge < -0.3 is 10.0 Å². The summed E-state index contributed by atoms with van der Waals surface area (Å²) in [5, 5.41) is 8.81. The van der Waals surface area contributed by atoms with Gasteiger partial charge in [-0.2, -0.15) is 11.8 Å². The second-order valence-corrected chi connectivity index (χ2v) is 6.54. The third kappa shape index (κ3) is 2.91. The Balaban J connectivity index is 2.14. The van der Waals surface area contributed by atoms with Gasteiger partial charge in [0.15, 0.2) is 0 Å². The topological polar surface area (TPSA) is 53.4 Å². The highest BCUT2D eigenvalue weighted by molar-refractivity contribution is 8.00. The van der Waals surface area contributed by atoms with Crippen molar-refractivity contribution >= 4 is 23.5 Å². The van der Waals surface area contributed by atoms with Crippen LogP contribution in [0, 0.1) is 0 Å². The van der Waals surface area contributed by atoms with Crippen molar-refractivity contribution in [3.05, 3.63) is 23.9 Å². The normalized spacial score (nSPS) is 19.1. The molecule has 1 aliphatic rings. The van der Waals surface area contributed by atoms with E-state index in [1.165, 1.54) is 6.20 Å². The number of carboxylic acid groups (broad SMARTS) is 1. The number of carboxylic acids is 1. The van der Waals surface area contributed by atoms with Crippen molar-refractivity contribution in [3.63, 3.8) is 0 Å². The number of nitrogens with zero attached hydrogens (tertiary/aromatic N) is 2. The zero-order valence-electron chi connectivity index (χ0n) is 10.0. The molecule has 4 nitrogen and oxygen atoms in total. The average molecular weight is 252 g/mol. The van der Waals surface area contributed by atoms with Crippen molar-refractivity contribution in [3.8, 4) is 0 Å². The van der Waals surface area contributed by atoms with Gasteiger partial charge in [0.2, 0.25) is 0 Å². The van der Waals surface area contributed by atoms with Gasteiger partial charge in [-0.1, -0.05) is 0 Å². The van der Waals surface area contributed by atoms with Crippen LogP contribution in [0.3, 0.4) is 0 Å². The molecule has 92 valence electrons. The number of pyridine rings is 1. The van der Waals surface area contributed by atoms with E-state index in [2.05, 4.69) is 23.7 Å². The van der Waals surface area contributed by atoms with E-state index in [9.17, 15) is 4.79 Å². The summed E-state index contributed by atoms with van der Waals surface area (Å²) in [6.45, 7) is 6.34. The molecule has 2 rings (SSSR count). The summed E-state index contributed by atoms with van der Waals surface area (Å²) in [6, 6.07) is 3.40. The minimum absolute atomic E-state index is 0.228. The van der Waals surface area contributed by atoms with Crippen LogP contribution in [0.15, 0.2) is 18.3 Å². The number of thioether (sulfide) groups is 1. The molecule has 1 fully saturated rings. The van der Waals surface area contributed by atoms with Crippen molar-refractivity contribution in [1.82, 2.24) is 4.98 Å². The van der Waals surface area contributed by atoms with E-state index < -0.39 is 5.97 Å². The lowest BCUT2D eigenvalue weighted by atomic mass is 10.2. The highest BCUT2D eigenvalue weighted by atomic mass is 32.2. The second-order valence-electron chi connectivity index (χ2n) is 4.74. The van der Waals surface area contributed by atoms with Crippen molar-refractivity contribution in [2.24, 2.45) is 0 Å². The molecule has 0 amide bonds. The first-order valence-corrected chi connectivity index (χ1v) is 6.55. The van der Waals surface area contributed by atoms with Gasteiger partial charge in [-0.15, -0.1) is 0 Å². The van der Waals surface area contributed by atoms with Gasteiger partial charge in [0.1, 0.15) is 5.82 Å². The molecule has 17 heavy (non-hydrogen) atoms. The molecule has 0 spiro atoms. The summed E-state index contributed by atoms with van der Waals surface area (Å²) in [6.07, 6.45) is 1.42. The summed E-state index contributed by atoms with van der Waals surface area (Å²) >= 11 is 1.96. The Labute approximate surface area is 105 Å². The first-order valence-electron chi connectivity index (χ1n) is 5.56. The zero-order valence-corrected chi connectivity index (χ0v) is 10.8. The van der Waals surface area contributed by atoms with E-state index in [-0.39, 0.29) is 10.3 Å². The molecule has 0 radical (unpaired) electrons. The summed E-state index contributed by atoms with van der Waals surface area (Å²) in [5.41, 5.74) is 0.236. The smallest absolute Gasteiger partial charge is 0.337 e. The van der Waals surface area contributed by atoms with Crippen molar-refractivity contribution in [2.45, 2.75) is 18.6 Å². The first-order chi connectivity index (χ1) is 7.98. The number of hydrogen-bond donors (Lipinski definition) is 1. The molecule has 1 aliphatic heterocycles. The lowest BCUT2D eigenvalue weighted by Crippen LogP contribution is -2.43. The molecule has 0 bridgehead atoms. The maximum absolute atomic E-state index is 10.7. The molecule has 1 N–H and O–H groups in total. The number of aromatic carboxylic acids is 1. The Kier molecular flexibility index (Phi) is 3.28. The number of rotatable bonds is 2. The third-order valence-corrected chi connectivity index (χ3v) is 4.04. The van der Waals surface area contributed by atoms with E-state index in [0.29, 0.717) is 0 Å². The highest BCUT2D eigenvalue weighted by Crippen LogP contribution is 2.31. The summed E-state index contributed by atoms with van der Waals surface area (Å²) in [7, 11) is 0. The number of anilines is 1. The summed E-state index contributed by atoms with van der Waals surface area (Å²) in [4.78, 5) is 17.2. The fourth-order valence-electron chi connectivity index (χ4n) is 1.91. The quantitative estimate of drug-likeness (QED) is 0.873. The molecule has 0 saturated carbocycles. The Bertz CT molecular complexity index is 417. The average Bonchev–Trinajstić information content (AvgIpc) is 2.28. The Morgan fingerprint density at radius 3 is 2.82 bits per heavy atom.